The first-order chi connectivity index (χ1) is 19.0. The van der Waals surface area contributed by atoms with E-state index in [2.05, 4.69) is 34.9 Å². The monoisotopic (exact) mass is 522 g/mol. The average Bonchev–Trinajstić information content (AvgIpc) is 3.34. The summed E-state index contributed by atoms with van der Waals surface area (Å²) in [6.07, 6.45) is 5.72. The molecule has 1 aliphatic heterocycles. The van der Waals surface area contributed by atoms with Gasteiger partial charge in [0, 0.05) is 47.9 Å². The Kier molecular flexibility index (Phi) is 8.23. The molecule has 39 heavy (non-hydrogen) atoms. The number of ketones is 1. The molecule has 0 bridgehead atoms. The summed E-state index contributed by atoms with van der Waals surface area (Å²) in [5.41, 5.74) is 5.89. The van der Waals surface area contributed by atoms with Gasteiger partial charge in [-0.05, 0) is 43.5 Å². The third kappa shape index (κ3) is 6.29. The Bertz CT molecular complexity index is 1460. The number of carbonyl (C=O) groups is 2. The van der Waals surface area contributed by atoms with Crippen LogP contribution in [0.2, 0.25) is 0 Å². The Morgan fingerprint density at radius 2 is 1.64 bits per heavy atom. The highest BCUT2D eigenvalue weighted by Gasteiger charge is 2.22. The summed E-state index contributed by atoms with van der Waals surface area (Å²) < 4.78 is 13.1. The van der Waals surface area contributed by atoms with Gasteiger partial charge >= 0.3 is 0 Å². The van der Waals surface area contributed by atoms with Crippen LogP contribution in [0.1, 0.15) is 39.5 Å². The van der Waals surface area contributed by atoms with E-state index in [0.29, 0.717) is 44.8 Å². The van der Waals surface area contributed by atoms with Gasteiger partial charge in [0.25, 0.3) is 5.91 Å². The van der Waals surface area contributed by atoms with Crippen molar-refractivity contribution in [3.05, 3.63) is 119 Å². The molecule has 4 aromatic rings. The predicted molar refractivity (Wildman–Crippen MR) is 153 cm³/mol. The van der Waals surface area contributed by atoms with Crippen LogP contribution in [0, 0.1) is 6.92 Å². The summed E-state index contributed by atoms with van der Waals surface area (Å²) in [6, 6.07) is 24.2. The van der Waals surface area contributed by atoms with E-state index in [4.69, 9.17) is 9.47 Å². The summed E-state index contributed by atoms with van der Waals surface area (Å²) in [7, 11) is 0. The Morgan fingerprint density at radius 3 is 2.38 bits per heavy atom. The van der Waals surface area contributed by atoms with Crippen LogP contribution in [-0.4, -0.2) is 53.6 Å². The lowest BCUT2D eigenvalue weighted by atomic mass is 10.0. The number of ether oxygens (including phenoxy) is 2. The number of aryl methyl sites for hydroxylation is 1. The van der Waals surface area contributed by atoms with Crippen LogP contribution in [0.5, 0.6) is 0 Å². The molecular formula is C33H34N2O4. The first-order valence-corrected chi connectivity index (χ1v) is 13.4. The van der Waals surface area contributed by atoms with Gasteiger partial charge in [-0.25, -0.2) is 0 Å². The zero-order chi connectivity index (χ0) is 27.2. The highest BCUT2D eigenvalue weighted by molar-refractivity contribution is 6.16. The quantitative estimate of drug-likeness (QED) is 0.214. The molecule has 1 fully saturated rings. The number of hydrogen-bond donors (Lipinski definition) is 0. The van der Waals surface area contributed by atoms with Crippen LogP contribution in [0.3, 0.4) is 0 Å². The molecule has 0 unspecified atom stereocenters. The van der Waals surface area contributed by atoms with Crippen molar-refractivity contribution in [2.45, 2.75) is 32.9 Å². The van der Waals surface area contributed by atoms with Crippen molar-refractivity contribution in [2.75, 3.05) is 26.3 Å². The molecule has 200 valence electrons. The van der Waals surface area contributed by atoms with Gasteiger partial charge in [-0.15, -0.1) is 0 Å². The molecular weight excluding hydrogens is 488 g/mol. The van der Waals surface area contributed by atoms with Gasteiger partial charge in [0.05, 0.1) is 19.5 Å². The van der Waals surface area contributed by atoms with E-state index < -0.39 is 6.10 Å². The number of nitrogens with zero attached hydrogens (tertiary/aromatic N) is 2. The third-order valence-corrected chi connectivity index (χ3v) is 7.13. The maximum atomic E-state index is 13.3. The van der Waals surface area contributed by atoms with Crippen molar-refractivity contribution in [2.24, 2.45) is 0 Å². The second-order valence-electron chi connectivity index (χ2n) is 9.99. The van der Waals surface area contributed by atoms with Crippen LogP contribution in [0.15, 0.2) is 91.3 Å². The van der Waals surface area contributed by atoms with E-state index in [1.807, 2.05) is 61.7 Å². The fourth-order valence-corrected chi connectivity index (χ4v) is 4.85. The average molecular weight is 523 g/mol. The highest BCUT2D eigenvalue weighted by Crippen LogP contribution is 2.25. The Hall–Kier alpha value is -4.16. The number of amides is 1. The number of hydrogen-bond acceptors (Lipinski definition) is 4. The molecule has 5 rings (SSSR count). The third-order valence-electron chi connectivity index (χ3n) is 7.13. The van der Waals surface area contributed by atoms with Gasteiger partial charge in [0.2, 0.25) is 0 Å². The lowest BCUT2D eigenvalue weighted by Gasteiger charge is -2.28. The molecule has 6 heteroatoms. The first kappa shape index (κ1) is 26.4. The van der Waals surface area contributed by atoms with E-state index in [1.165, 1.54) is 0 Å². The molecule has 0 saturated carbocycles. The first-order valence-electron chi connectivity index (χ1n) is 13.4. The van der Waals surface area contributed by atoms with E-state index >= 15 is 0 Å². The molecule has 1 aromatic heterocycles. The summed E-state index contributed by atoms with van der Waals surface area (Å²) in [4.78, 5) is 27.5. The normalized spacial score (nSPS) is 14.6. The van der Waals surface area contributed by atoms with Gasteiger partial charge in [-0.1, -0.05) is 72.3 Å². The number of fused-ring (bicyclic) bond motifs is 1. The van der Waals surface area contributed by atoms with Crippen LogP contribution in [0.4, 0.5) is 0 Å². The van der Waals surface area contributed by atoms with Crippen LogP contribution in [0.25, 0.3) is 10.9 Å². The number of morpholine rings is 1. The SMILES string of the molecule is Cc1ccc(C(=O)c2cn(Cc3ccc(C/C=C\O[C@H](C)C(=O)N4CCOCC4)cc3)c3ccccc23)cc1. The zero-order valence-corrected chi connectivity index (χ0v) is 22.5. The van der Waals surface area contributed by atoms with Gasteiger partial charge in [-0.2, -0.15) is 0 Å². The van der Waals surface area contributed by atoms with Gasteiger partial charge < -0.3 is 18.9 Å². The van der Waals surface area contributed by atoms with E-state index in [1.54, 1.807) is 18.1 Å². The molecule has 0 aliphatic carbocycles. The van der Waals surface area contributed by atoms with Crippen molar-refractivity contribution in [3.63, 3.8) is 0 Å². The van der Waals surface area contributed by atoms with E-state index in [-0.39, 0.29) is 11.7 Å². The fourth-order valence-electron chi connectivity index (χ4n) is 4.85. The molecule has 0 spiro atoms. The Balaban J connectivity index is 1.21. The number of para-hydroxylation sites is 1. The topological polar surface area (TPSA) is 60.8 Å². The van der Waals surface area contributed by atoms with Gasteiger partial charge in [0.15, 0.2) is 11.9 Å². The lowest BCUT2D eigenvalue weighted by molar-refractivity contribution is -0.143. The summed E-state index contributed by atoms with van der Waals surface area (Å²) in [5, 5.41) is 0.964. The van der Waals surface area contributed by atoms with Gasteiger partial charge in [0.1, 0.15) is 0 Å². The van der Waals surface area contributed by atoms with Crippen LogP contribution >= 0.6 is 0 Å². The largest absolute Gasteiger partial charge is 0.489 e. The molecule has 1 amide bonds. The highest BCUT2D eigenvalue weighted by atomic mass is 16.5. The predicted octanol–water partition coefficient (Wildman–Crippen LogP) is 5.55. The number of rotatable bonds is 9. The van der Waals surface area contributed by atoms with E-state index in [0.717, 1.165) is 33.2 Å². The van der Waals surface area contributed by atoms with Crippen molar-refractivity contribution in [1.82, 2.24) is 9.47 Å². The molecule has 0 radical (unpaired) electrons. The van der Waals surface area contributed by atoms with Crippen molar-refractivity contribution in [3.8, 4) is 0 Å². The maximum Gasteiger partial charge on any atom is 0.263 e. The molecule has 3 aromatic carbocycles. The summed E-state index contributed by atoms with van der Waals surface area (Å²) in [5.74, 6) is 0.0313. The molecule has 2 heterocycles. The lowest BCUT2D eigenvalue weighted by Crippen LogP contribution is -2.45. The standard InChI is InChI=1S/C33H34N2O4/c1-24-9-15-28(16-10-24)32(36)30-23-35(31-8-4-3-7-29(30)31)22-27-13-11-26(12-14-27)6-5-19-39-25(2)33(37)34-17-20-38-21-18-34/h3-5,7-16,19,23,25H,6,17-18,20-22H2,1-2H3/b19-5-/t25-/m1/s1. The minimum atomic E-state index is -0.513. The second-order valence-corrected chi connectivity index (χ2v) is 9.99. The smallest absolute Gasteiger partial charge is 0.263 e. The Morgan fingerprint density at radius 1 is 0.949 bits per heavy atom. The summed E-state index contributed by atoms with van der Waals surface area (Å²) in [6.45, 7) is 6.86. The fraction of sp³-hybridized carbons (Fsp3) is 0.273. The number of benzene rings is 3. The van der Waals surface area contributed by atoms with E-state index in [9.17, 15) is 9.59 Å². The number of allylic oxidation sites excluding steroid dienone is 1. The van der Waals surface area contributed by atoms with Crippen molar-refractivity contribution in [1.29, 1.82) is 0 Å². The molecule has 6 nitrogen and oxygen atoms in total. The second kappa shape index (κ2) is 12.1. The Labute approximate surface area is 229 Å². The van der Waals surface area contributed by atoms with Crippen LogP contribution in [-0.2, 0) is 27.2 Å². The minimum Gasteiger partial charge on any atom is -0.489 e. The number of carbonyl (C=O) groups excluding carboxylic acids is 2. The maximum absolute atomic E-state index is 13.3. The zero-order valence-electron chi connectivity index (χ0n) is 22.5. The minimum absolute atomic E-state index is 0.00596. The summed E-state index contributed by atoms with van der Waals surface area (Å²) >= 11 is 0. The van der Waals surface area contributed by atoms with Crippen LogP contribution < -0.4 is 0 Å². The molecule has 1 saturated heterocycles. The van der Waals surface area contributed by atoms with Crippen molar-refractivity contribution >= 4 is 22.6 Å². The molecule has 0 N–H and O–H groups in total. The molecule has 1 atom stereocenters. The molecule has 1 aliphatic rings. The van der Waals surface area contributed by atoms with Gasteiger partial charge in [-0.3, -0.25) is 9.59 Å². The van der Waals surface area contributed by atoms with Crippen molar-refractivity contribution < 1.29 is 19.1 Å². The number of aromatic nitrogens is 1.